The normalized spacial score (nSPS) is 36.8. The molecule has 0 spiro atoms. The summed E-state index contributed by atoms with van der Waals surface area (Å²) < 4.78 is 28.8. The van der Waals surface area contributed by atoms with E-state index in [1.165, 1.54) is 0 Å². The molecule has 8 N–H and O–H groups in total. The van der Waals surface area contributed by atoms with Crippen molar-refractivity contribution < 1.29 is 43.7 Å². The maximum Gasteiger partial charge on any atom is 0.466 e. The summed E-state index contributed by atoms with van der Waals surface area (Å²) in [6.45, 7) is -0.578. The van der Waals surface area contributed by atoms with Crippen LogP contribution in [0.2, 0.25) is 0 Å². The molecule has 3 aliphatic heterocycles. The van der Waals surface area contributed by atoms with Crippen LogP contribution in [0.25, 0.3) is 0 Å². The Kier molecular flexibility index (Phi) is 5.46. The van der Waals surface area contributed by atoms with Gasteiger partial charge in [-0.05, 0) is 0 Å². The van der Waals surface area contributed by atoms with Crippen LogP contribution >= 0.6 is 7.82 Å². The predicted molar refractivity (Wildman–Crippen MR) is 80.8 cm³/mol. The number of alkyl halides is 1. The summed E-state index contributed by atoms with van der Waals surface area (Å²) in [6.07, 6.45) is -4.63. The molecule has 0 aliphatic carbocycles. The lowest BCUT2D eigenvalue weighted by Gasteiger charge is -2.28. The van der Waals surface area contributed by atoms with Crippen molar-refractivity contribution in [3.63, 3.8) is 0 Å². The van der Waals surface area contributed by atoms with Gasteiger partial charge in [-0.15, -0.1) is 0 Å². The summed E-state index contributed by atoms with van der Waals surface area (Å²) in [6, 6.07) is 0. The minimum absolute atomic E-state index is 0.0576. The number of nitrogens with two attached hydrogens (primary N) is 1. The van der Waals surface area contributed by atoms with Crippen molar-refractivity contribution in [1.29, 1.82) is 0 Å². The van der Waals surface area contributed by atoms with Crippen LogP contribution in [0, 0.1) is 0 Å². The molecule has 0 radical (unpaired) electrons. The second kappa shape index (κ2) is 6.93. The summed E-state index contributed by atoms with van der Waals surface area (Å²) in [5.74, 6) is -3.02. The maximum absolute atomic E-state index is 14.8. The second-order valence-corrected chi connectivity index (χ2v) is 6.09. The van der Waals surface area contributed by atoms with E-state index in [0.717, 1.165) is 6.34 Å². The Morgan fingerprint density at radius 1 is 1.28 bits per heavy atom. The first-order chi connectivity index (χ1) is 11.5. The summed E-state index contributed by atoms with van der Waals surface area (Å²) >= 11 is 0. The molecule has 0 bridgehead atoms. The highest BCUT2D eigenvalue weighted by molar-refractivity contribution is 7.45. The van der Waals surface area contributed by atoms with Crippen LogP contribution in [-0.2, 0) is 9.30 Å². The third-order valence-corrected chi connectivity index (χ3v) is 3.27. The zero-order chi connectivity index (χ0) is 19.0. The van der Waals surface area contributed by atoms with Crippen molar-refractivity contribution in [2.24, 2.45) is 25.7 Å². The Balaban J connectivity index is 0.000000399. The van der Waals surface area contributed by atoms with E-state index in [4.69, 9.17) is 34.8 Å². The van der Waals surface area contributed by atoms with Gasteiger partial charge in [0.25, 0.3) is 0 Å². The Morgan fingerprint density at radius 3 is 2.40 bits per heavy atom. The largest absolute Gasteiger partial charge is 0.466 e. The standard InChI is InChI=1S/C10H12FN5O4.H3O4P/c11-10(7-6(19)5(18)3(1-17)20-7)15-8(12)4-9(16-10)14-2-13-4;1-5(2,3)4/h2-3,5-7,17-19H,1H2,(H2,12,15);(H3,1,2,3,4)/t3-,5-,6+,7?,10?;/m1./s1. The van der Waals surface area contributed by atoms with E-state index in [1.54, 1.807) is 0 Å². The quantitative estimate of drug-likeness (QED) is 0.185. The van der Waals surface area contributed by atoms with E-state index in [9.17, 15) is 14.6 Å². The van der Waals surface area contributed by atoms with Crippen LogP contribution in [0.3, 0.4) is 0 Å². The van der Waals surface area contributed by atoms with Gasteiger partial charge in [0, 0.05) is 0 Å². The summed E-state index contributed by atoms with van der Waals surface area (Å²) in [4.78, 5) is 36.2. The summed E-state index contributed by atoms with van der Waals surface area (Å²) in [5, 5.41) is 28.5. The highest BCUT2D eigenvalue weighted by Crippen LogP contribution is 2.35. The number of amidine groups is 2. The summed E-state index contributed by atoms with van der Waals surface area (Å²) in [5.41, 5.74) is 5.72. The molecule has 0 aromatic rings. The van der Waals surface area contributed by atoms with Gasteiger partial charge in [-0.25, -0.2) is 24.5 Å². The predicted octanol–water partition coefficient (Wildman–Crippen LogP) is -3.59. The van der Waals surface area contributed by atoms with Gasteiger partial charge in [0.15, 0.2) is 23.5 Å². The molecule has 25 heavy (non-hydrogen) atoms. The van der Waals surface area contributed by atoms with E-state index in [-0.39, 0.29) is 17.4 Å². The number of aliphatic hydroxyl groups excluding tert-OH is 3. The lowest BCUT2D eigenvalue weighted by atomic mass is 10.0. The molecule has 2 unspecified atom stereocenters. The van der Waals surface area contributed by atoms with Gasteiger partial charge in [0.1, 0.15) is 24.7 Å². The fourth-order valence-electron chi connectivity index (χ4n) is 2.25. The number of phosphoric acid groups is 1. The average molecular weight is 383 g/mol. The number of nitrogens with zero attached hydrogens (tertiary/aromatic N) is 4. The highest BCUT2D eigenvalue weighted by atomic mass is 31.2. The van der Waals surface area contributed by atoms with Gasteiger partial charge in [-0.3, -0.25) is 0 Å². The Labute approximate surface area is 139 Å². The number of hydrogen-bond acceptors (Lipinski definition) is 10. The Bertz CT molecular complexity index is 699. The molecule has 0 amide bonds. The lowest BCUT2D eigenvalue weighted by molar-refractivity contribution is -0.0883. The van der Waals surface area contributed by atoms with Crippen LogP contribution in [0.15, 0.2) is 20.0 Å². The van der Waals surface area contributed by atoms with E-state index in [1.807, 2.05) is 0 Å². The Hall–Kier alpha value is -1.64. The summed E-state index contributed by atoms with van der Waals surface area (Å²) in [7, 11) is -4.64. The van der Waals surface area contributed by atoms with Crippen molar-refractivity contribution in [1.82, 2.24) is 0 Å². The number of rotatable bonds is 2. The molecule has 140 valence electrons. The smallest absolute Gasteiger partial charge is 0.394 e. The van der Waals surface area contributed by atoms with E-state index < -0.39 is 44.8 Å². The van der Waals surface area contributed by atoms with Gasteiger partial charge in [-0.2, -0.15) is 4.39 Å². The minimum atomic E-state index is -4.64. The first kappa shape index (κ1) is 19.7. The number of ether oxygens (including phenoxy) is 1. The first-order valence-electron chi connectivity index (χ1n) is 6.62. The zero-order valence-electron chi connectivity index (χ0n) is 12.3. The van der Waals surface area contributed by atoms with E-state index in [2.05, 4.69) is 20.0 Å². The number of hydrogen-bond donors (Lipinski definition) is 7. The molecule has 1 saturated heterocycles. The van der Waals surface area contributed by atoms with E-state index in [0.29, 0.717) is 0 Å². The van der Waals surface area contributed by atoms with Gasteiger partial charge in [0.2, 0.25) is 0 Å². The lowest BCUT2D eigenvalue weighted by Crippen LogP contribution is -2.49. The monoisotopic (exact) mass is 383 g/mol. The van der Waals surface area contributed by atoms with Gasteiger partial charge in [0.05, 0.1) is 6.61 Å². The van der Waals surface area contributed by atoms with Gasteiger partial charge < -0.3 is 40.5 Å². The number of fused-ring (bicyclic) bond motifs is 1. The molecule has 3 aliphatic rings. The fraction of sp³-hybridized carbons (Fsp3) is 0.600. The zero-order valence-corrected chi connectivity index (χ0v) is 13.2. The number of halogens is 1. The van der Waals surface area contributed by atoms with Crippen LogP contribution < -0.4 is 5.73 Å². The first-order valence-corrected chi connectivity index (χ1v) is 8.18. The van der Waals surface area contributed by atoms with Crippen molar-refractivity contribution in [2.75, 3.05) is 6.61 Å². The van der Waals surface area contributed by atoms with Gasteiger partial charge >= 0.3 is 13.7 Å². The Morgan fingerprint density at radius 2 is 1.88 bits per heavy atom. The van der Waals surface area contributed by atoms with Crippen molar-refractivity contribution in [3.8, 4) is 0 Å². The average Bonchev–Trinajstić information content (AvgIpc) is 3.03. The molecule has 0 aromatic carbocycles. The molecule has 3 heterocycles. The van der Waals surface area contributed by atoms with Crippen LogP contribution in [0.5, 0.6) is 0 Å². The van der Waals surface area contributed by atoms with Crippen LogP contribution in [0.4, 0.5) is 4.39 Å². The molecular weight excluding hydrogens is 368 g/mol. The van der Waals surface area contributed by atoms with Crippen molar-refractivity contribution in [2.45, 2.75) is 30.3 Å². The van der Waals surface area contributed by atoms with Crippen molar-refractivity contribution >= 4 is 31.5 Å². The van der Waals surface area contributed by atoms with Crippen molar-refractivity contribution in [3.05, 3.63) is 0 Å². The fourth-order valence-corrected chi connectivity index (χ4v) is 2.25. The molecule has 3 rings (SSSR count). The molecular formula is C10H15FN5O8P. The molecule has 1 fully saturated rings. The van der Waals surface area contributed by atoms with Gasteiger partial charge in [-0.1, -0.05) is 0 Å². The van der Waals surface area contributed by atoms with Crippen LogP contribution in [0.1, 0.15) is 0 Å². The second-order valence-electron chi connectivity index (χ2n) is 5.06. The maximum atomic E-state index is 14.8. The highest BCUT2D eigenvalue weighted by Gasteiger charge is 2.56. The third-order valence-electron chi connectivity index (χ3n) is 3.27. The SMILES string of the molecule is NC1=NC(F)(C2O[C@H](CO)[C@@H](O)[C@@H]2O)N=C2N=CN=C12.O=P(O)(O)O. The third kappa shape index (κ3) is 4.31. The minimum Gasteiger partial charge on any atom is -0.394 e. The van der Waals surface area contributed by atoms with Crippen LogP contribution in [-0.4, -0.2) is 90.7 Å². The molecule has 13 nitrogen and oxygen atoms in total. The number of aliphatic hydroxyl groups is 3. The molecule has 0 aromatic heterocycles. The molecule has 0 saturated carbocycles. The topological polar surface area (TPSA) is 223 Å². The number of aliphatic imine (C=N–C) groups is 4. The molecule has 5 atom stereocenters. The van der Waals surface area contributed by atoms with E-state index >= 15 is 0 Å². The molecule has 15 heteroatoms.